The van der Waals surface area contributed by atoms with E-state index in [1.165, 1.54) is 31.6 Å². The van der Waals surface area contributed by atoms with E-state index in [0.717, 1.165) is 29.5 Å². The predicted molar refractivity (Wildman–Crippen MR) is 78.0 cm³/mol. The van der Waals surface area contributed by atoms with E-state index in [-0.39, 0.29) is 0 Å². The molecular weight excluding hydrogens is 236 g/mol. The molecule has 0 amide bonds. The van der Waals surface area contributed by atoms with Crippen molar-refractivity contribution in [3.05, 3.63) is 29.7 Å². The average Bonchev–Trinajstić information content (AvgIpc) is 2.69. The Balaban J connectivity index is 1.87. The van der Waals surface area contributed by atoms with Crippen molar-refractivity contribution in [3.8, 4) is 0 Å². The Morgan fingerprint density at radius 3 is 2.79 bits per heavy atom. The second-order valence-corrected chi connectivity index (χ2v) is 5.79. The van der Waals surface area contributed by atoms with Crippen LogP contribution in [0.4, 0.5) is 5.69 Å². The molecule has 2 N–H and O–H groups in total. The maximum atomic E-state index is 5.89. The van der Waals surface area contributed by atoms with Gasteiger partial charge in [0.25, 0.3) is 0 Å². The number of imidazole rings is 1. The van der Waals surface area contributed by atoms with Crippen molar-refractivity contribution in [2.24, 2.45) is 5.92 Å². The zero-order valence-electron chi connectivity index (χ0n) is 11.8. The van der Waals surface area contributed by atoms with Crippen LogP contribution in [0, 0.1) is 12.8 Å². The van der Waals surface area contributed by atoms with Gasteiger partial charge in [-0.1, -0.05) is 6.92 Å². The quantitative estimate of drug-likeness (QED) is 0.900. The van der Waals surface area contributed by atoms with Crippen molar-refractivity contribution in [1.82, 2.24) is 14.3 Å². The van der Waals surface area contributed by atoms with E-state index in [0.29, 0.717) is 0 Å². The summed E-state index contributed by atoms with van der Waals surface area (Å²) in [6, 6.07) is 3.90. The summed E-state index contributed by atoms with van der Waals surface area (Å²) in [6.07, 6.45) is 4.59. The average molecular weight is 258 g/mol. The first kappa shape index (κ1) is 12.5. The lowest BCUT2D eigenvalue weighted by atomic mass is 9.99. The summed E-state index contributed by atoms with van der Waals surface area (Å²) in [5.41, 5.74) is 10.1. The summed E-state index contributed by atoms with van der Waals surface area (Å²) in [6.45, 7) is 7.79. The zero-order valence-corrected chi connectivity index (χ0v) is 11.8. The number of nitrogens with two attached hydrogens (primary N) is 1. The third-order valence-electron chi connectivity index (χ3n) is 4.19. The highest BCUT2D eigenvalue weighted by Gasteiger charge is 2.18. The number of anilines is 1. The van der Waals surface area contributed by atoms with Gasteiger partial charge in [-0.2, -0.15) is 0 Å². The highest BCUT2D eigenvalue weighted by Crippen LogP contribution is 2.21. The molecule has 0 spiro atoms. The maximum absolute atomic E-state index is 5.89. The van der Waals surface area contributed by atoms with Crippen molar-refractivity contribution in [2.45, 2.75) is 33.2 Å². The number of likely N-dealkylation sites (tertiary alicyclic amines) is 1. The molecule has 0 radical (unpaired) electrons. The van der Waals surface area contributed by atoms with Crippen LogP contribution < -0.4 is 5.73 Å². The Bertz CT molecular complexity index is 579. The van der Waals surface area contributed by atoms with E-state index < -0.39 is 0 Å². The molecule has 1 aliphatic rings. The van der Waals surface area contributed by atoms with Crippen LogP contribution in [0.5, 0.6) is 0 Å². The lowest BCUT2D eigenvalue weighted by Gasteiger charge is -2.30. The van der Waals surface area contributed by atoms with Gasteiger partial charge < -0.3 is 10.1 Å². The molecule has 1 aliphatic heterocycles. The highest BCUT2D eigenvalue weighted by molar-refractivity contribution is 5.50. The van der Waals surface area contributed by atoms with Gasteiger partial charge in [0, 0.05) is 18.4 Å². The van der Waals surface area contributed by atoms with Crippen molar-refractivity contribution < 1.29 is 0 Å². The number of aryl methyl sites for hydroxylation is 1. The molecule has 1 fully saturated rings. The molecule has 1 saturated heterocycles. The molecule has 4 heteroatoms. The largest absolute Gasteiger partial charge is 0.398 e. The standard InChI is InChI=1S/C15H22N4/c1-11-5-7-18(8-6-11)10-14-12(2)17-15-4-3-13(16)9-19(14)15/h3-4,9,11H,5-8,10,16H2,1-2H3. The normalized spacial score (nSPS) is 18.2. The lowest BCUT2D eigenvalue weighted by Crippen LogP contribution is -2.32. The number of rotatable bonds is 2. The van der Waals surface area contributed by atoms with Crippen LogP contribution in [0.25, 0.3) is 5.65 Å². The molecular formula is C15H22N4. The number of fused-ring (bicyclic) bond motifs is 1. The fourth-order valence-corrected chi connectivity index (χ4v) is 2.85. The van der Waals surface area contributed by atoms with Crippen molar-refractivity contribution in [2.75, 3.05) is 18.8 Å². The maximum Gasteiger partial charge on any atom is 0.137 e. The van der Waals surface area contributed by atoms with Crippen LogP contribution in [-0.4, -0.2) is 27.4 Å². The predicted octanol–water partition coefficient (Wildman–Crippen LogP) is 2.46. The van der Waals surface area contributed by atoms with Gasteiger partial charge in [-0.25, -0.2) is 4.98 Å². The number of nitrogens with zero attached hydrogens (tertiary/aromatic N) is 3. The summed E-state index contributed by atoms with van der Waals surface area (Å²) in [5.74, 6) is 0.871. The Morgan fingerprint density at radius 2 is 2.05 bits per heavy atom. The number of hydrogen-bond donors (Lipinski definition) is 1. The van der Waals surface area contributed by atoms with Gasteiger partial charge >= 0.3 is 0 Å². The summed E-state index contributed by atoms with van der Waals surface area (Å²) in [7, 11) is 0. The minimum Gasteiger partial charge on any atom is -0.398 e. The van der Waals surface area contributed by atoms with Gasteiger partial charge in [-0.05, 0) is 50.9 Å². The molecule has 2 aromatic rings. The first-order chi connectivity index (χ1) is 9.13. The zero-order chi connectivity index (χ0) is 13.4. The molecule has 0 saturated carbocycles. The number of pyridine rings is 1. The van der Waals surface area contributed by atoms with E-state index >= 15 is 0 Å². The second kappa shape index (κ2) is 4.85. The molecule has 0 aromatic carbocycles. The van der Waals surface area contributed by atoms with Gasteiger partial charge in [-0.15, -0.1) is 0 Å². The van der Waals surface area contributed by atoms with E-state index in [1.807, 2.05) is 18.3 Å². The molecule has 3 rings (SSSR count). The summed E-state index contributed by atoms with van der Waals surface area (Å²) in [5, 5.41) is 0. The number of aromatic nitrogens is 2. The van der Waals surface area contributed by atoms with E-state index in [2.05, 4.69) is 28.1 Å². The van der Waals surface area contributed by atoms with Crippen LogP contribution in [-0.2, 0) is 6.54 Å². The number of hydrogen-bond acceptors (Lipinski definition) is 3. The molecule has 0 unspecified atom stereocenters. The number of nitrogen functional groups attached to an aromatic ring is 1. The minimum atomic E-state index is 0.790. The van der Waals surface area contributed by atoms with Crippen LogP contribution in [0.3, 0.4) is 0 Å². The molecule has 0 atom stereocenters. The molecule has 19 heavy (non-hydrogen) atoms. The SMILES string of the molecule is Cc1nc2ccc(N)cn2c1CN1CCC(C)CC1. The third kappa shape index (κ3) is 2.45. The van der Waals surface area contributed by atoms with Gasteiger partial charge in [0.2, 0.25) is 0 Å². The molecule has 102 valence electrons. The molecule has 2 aromatic heterocycles. The minimum absolute atomic E-state index is 0.790. The first-order valence-electron chi connectivity index (χ1n) is 7.09. The summed E-state index contributed by atoms with van der Waals surface area (Å²) >= 11 is 0. The van der Waals surface area contributed by atoms with Crippen molar-refractivity contribution in [3.63, 3.8) is 0 Å². The van der Waals surface area contributed by atoms with Gasteiger partial charge in [-0.3, -0.25) is 4.90 Å². The Kier molecular flexibility index (Phi) is 3.19. The highest BCUT2D eigenvalue weighted by atomic mass is 15.2. The van der Waals surface area contributed by atoms with Gasteiger partial charge in [0.1, 0.15) is 5.65 Å². The van der Waals surface area contributed by atoms with Crippen LogP contribution in [0.2, 0.25) is 0 Å². The van der Waals surface area contributed by atoms with E-state index in [4.69, 9.17) is 5.73 Å². The number of piperidine rings is 1. The second-order valence-electron chi connectivity index (χ2n) is 5.79. The monoisotopic (exact) mass is 258 g/mol. The van der Waals surface area contributed by atoms with Gasteiger partial charge in [0.15, 0.2) is 0 Å². The third-order valence-corrected chi connectivity index (χ3v) is 4.19. The molecule has 0 aliphatic carbocycles. The molecule has 3 heterocycles. The van der Waals surface area contributed by atoms with Crippen LogP contribution in [0.15, 0.2) is 18.3 Å². The molecule has 0 bridgehead atoms. The van der Waals surface area contributed by atoms with E-state index in [1.54, 1.807) is 0 Å². The van der Waals surface area contributed by atoms with Crippen LogP contribution >= 0.6 is 0 Å². The van der Waals surface area contributed by atoms with Crippen molar-refractivity contribution >= 4 is 11.3 Å². The summed E-state index contributed by atoms with van der Waals surface area (Å²) in [4.78, 5) is 7.14. The van der Waals surface area contributed by atoms with Crippen molar-refractivity contribution in [1.29, 1.82) is 0 Å². The smallest absolute Gasteiger partial charge is 0.137 e. The molecule has 4 nitrogen and oxygen atoms in total. The lowest BCUT2D eigenvalue weighted by molar-refractivity contribution is 0.183. The first-order valence-corrected chi connectivity index (χ1v) is 7.09. The fraction of sp³-hybridized carbons (Fsp3) is 0.533. The topological polar surface area (TPSA) is 46.6 Å². The Hall–Kier alpha value is -1.55. The summed E-state index contributed by atoms with van der Waals surface area (Å²) < 4.78 is 2.14. The Morgan fingerprint density at radius 1 is 1.32 bits per heavy atom. The van der Waals surface area contributed by atoms with Gasteiger partial charge in [0.05, 0.1) is 11.4 Å². The fourth-order valence-electron chi connectivity index (χ4n) is 2.85. The Labute approximate surface area is 114 Å². The van der Waals surface area contributed by atoms with E-state index in [9.17, 15) is 0 Å². The van der Waals surface area contributed by atoms with Crippen LogP contribution in [0.1, 0.15) is 31.2 Å².